The maximum atomic E-state index is 14.1. The monoisotopic (exact) mass is 318 g/mol. The highest BCUT2D eigenvalue weighted by Crippen LogP contribution is 2.21. The van der Waals surface area contributed by atoms with E-state index in [1.54, 1.807) is 0 Å². The van der Waals surface area contributed by atoms with Crippen molar-refractivity contribution in [2.75, 3.05) is 0 Å². The molecule has 0 saturated heterocycles. The Labute approximate surface area is 124 Å². The highest BCUT2D eigenvalue weighted by atomic mass is 19.1. The molecule has 23 heavy (non-hydrogen) atoms. The largest absolute Gasteiger partial charge is 0.477 e. The second-order valence-electron chi connectivity index (χ2n) is 4.74. The molecule has 0 bridgehead atoms. The second-order valence-corrected chi connectivity index (χ2v) is 4.74. The van der Waals surface area contributed by atoms with Crippen LogP contribution in [0.2, 0.25) is 0 Å². The van der Waals surface area contributed by atoms with E-state index in [4.69, 9.17) is 10.2 Å². The van der Waals surface area contributed by atoms with E-state index in [1.165, 1.54) is 0 Å². The predicted molar refractivity (Wildman–Crippen MR) is 76.6 cm³/mol. The SMILES string of the molecule is O=C(O)c1cc(=O)c2c([nH]1)c(F)cc1c(=O)cc(C(=O)O)[nH]c12. The molecule has 0 amide bonds. The summed E-state index contributed by atoms with van der Waals surface area (Å²) in [4.78, 5) is 50.7. The van der Waals surface area contributed by atoms with Crippen molar-refractivity contribution in [2.45, 2.75) is 0 Å². The molecule has 0 unspecified atom stereocenters. The van der Waals surface area contributed by atoms with Crippen LogP contribution in [0.25, 0.3) is 21.8 Å². The number of rotatable bonds is 2. The number of carboxylic acid groups (broad SMARTS) is 2. The number of aromatic carboxylic acids is 2. The summed E-state index contributed by atoms with van der Waals surface area (Å²) in [6, 6.07) is 2.31. The molecule has 0 aliphatic rings. The van der Waals surface area contributed by atoms with Crippen LogP contribution in [0.4, 0.5) is 4.39 Å². The van der Waals surface area contributed by atoms with Gasteiger partial charge in [0, 0.05) is 17.5 Å². The average Bonchev–Trinajstić information content (AvgIpc) is 2.47. The standard InChI is InChI=1S/C14H7FN2O6/c15-5-1-4-8(18)2-6(13(20)21)16-11(4)10-9(19)3-7(14(22)23)17-12(5)10/h1-3H,(H,16,18)(H,17,19)(H,20,21)(H,22,23). The third-order valence-electron chi connectivity index (χ3n) is 3.32. The van der Waals surface area contributed by atoms with Gasteiger partial charge in [0.25, 0.3) is 0 Å². The van der Waals surface area contributed by atoms with Gasteiger partial charge in [-0.1, -0.05) is 0 Å². The third kappa shape index (κ3) is 2.14. The highest BCUT2D eigenvalue weighted by Gasteiger charge is 2.17. The van der Waals surface area contributed by atoms with Crippen molar-refractivity contribution in [3.8, 4) is 0 Å². The Balaban J connectivity index is 2.61. The van der Waals surface area contributed by atoms with Crippen molar-refractivity contribution in [2.24, 2.45) is 0 Å². The lowest BCUT2D eigenvalue weighted by molar-refractivity contribution is 0.0680. The molecular formula is C14H7FN2O6. The van der Waals surface area contributed by atoms with Crippen LogP contribution < -0.4 is 10.9 Å². The van der Waals surface area contributed by atoms with Gasteiger partial charge < -0.3 is 20.2 Å². The quantitative estimate of drug-likeness (QED) is 0.518. The molecule has 0 radical (unpaired) electrons. The zero-order chi connectivity index (χ0) is 16.9. The number of carbonyl (C=O) groups is 2. The van der Waals surface area contributed by atoms with Crippen LogP contribution in [-0.4, -0.2) is 32.1 Å². The highest BCUT2D eigenvalue weighted by molar-refractivity contribution is 6.06. The number of aromatic nitrogens is 2. The first-order valence-corrected chi connectivity index (χ1v) is 6.18. The van der Waals surface area contributed by atoms with Gasteiger partial charge in [-0.05, 0) is 6.07 Å². The first-order valence-electron chi connectivity index (χ1n) is 6.18. The molecule has 116 valence electrons. The summed E-state index contributed by atoms with van der Waals surface area (Å²) in [5.74, 6) is -3.89. The molecule has 2 aromatic heterocycles. The van der Waals surface area contributed by atoms with E-state index in [9.17, 15) is 23.6 Å². The molecule has 0 fully saturated rings. The van der Waals surface area contributed by atoms with Gasteiger partial charge in [-0.3, -0.25) is 9.59 Å². The van der Waals surface area contributed by atoms with Crippen molar-refractivity contribution >= 4 is 33.7 Å². The second kappa shape index (κ2) is 4.77. The number of aromatic amines is 2. The number of fused-ring (bicyclic) bond motifs is 3. The van der Waals surface area contributed by atoms with Crippen molar-refractivity contribution in [1.82, 2.24) is 9.97 Å². The van der Waals surface area contributed by atoms with Gasteiger partial charge in [-0.2, -0.15) is 0 Å². The van der Waals surface area contributed by atoms with E-state index in [1.807, 2.05) is 0 Å². The fourth-order valence-corrected chi connectivity index (χ4v) is 2.33. The summed E-state index contributed by atoms with van der Waals surface area (Å²) >= 11 is 0. The maximum Gasteiger partial charge on any atom is 0.352 e. The smallest absolute Gasteiger partial charge is 0.352 e. The summed E-state index contributed by atoms with van der Waals surface area (Å²) < 4.78 is 14.1. The third-order valence-corrected chi connectivity index (χ3v) is 3.32. The number of pyridine rings is 2. The van der Waals surface area contributed by atoms with Crippen LogP contribution in [-0.2, 0) is 0 Å². The van der Waals surface area contributed by atoms with Gasteiger partial charge in [0.05, 0.1) is 16.4 Å². The number of benzene rings is 1. The molecule has 8 nitrogen and oxygen atoms in total. The van der Waals surface area contributed by atoms with E-state index < -0.39 is 45.5 Å². The van der Waals surface area contributed by atoms with Crippen molar-refractivity contribution in [3.63, 3.8) is 0 Å². The van der Waals surface area contributed by atoms with E-state index in [0.29, 0.717) is 0 Å². The number of hydrogen-bond donors (Lipinski definition) is 4. The zero-order valence-electron chi connectivity index (χ0n) is 11.1. The lowest BCUT2D eigenvalue weighted by atomic mass is 10.1. The van der Waals surface area contributed by atoms with Gasteiger partial charge >= 0.3 is 11.9 Å². The lowest BCUT2D eigenvalue weighted by Gasteiger charge is -2.07. The van der Waals surface area contributed by atoms with E-state index in [2.05, 4.69) is 9.97 Å². The number of nitrogens with one attached hydrogen (secondary N) is 2. The Morgan fingerprint density at radius 1 is 0.870 bits per heavy atom. The van der Waals surface area contributed by atoms with Gasteiger partial charge in [-0.25, -0.2) is 14.0 Å². The Morgan fingerprint density at radius 3 is 1.96 bits per heavy atom. The molecule has 0 saturated carbocycles. The van der Waals surface area contributed by atoms with E-state index in [-0.39, 0.29) is 16.3 Å². The van der Waals surface area contributed by atoms with Crippen molar-refractivity contribution in [3.05, 3.63) is 55.9 Å². The Morgan fingerprint density at radius 2 is 1.39 bits per heavy atom. The van der Waals surface area contributed by atoms with Crippen LogP contribution in [0.5, 0.6) is 0 Å². The Kier molecular flexibility index (Phi) is 2.99. The van der Waals surface area contributed by atoms with Gasteiger partial charge in [-0.15, -0.1) is 0 Å². The fourth-order valence-electron chi connectivity index (χ4n) is 2.33. The molecule has 0 spiro atoms. The van der Waals surface area contributed by atoms with Crippen LogP contribution in [0.15, 0.2) is 27.8 Å². The minimum Gasteiger partial charge on any atom is -0.477 e. The topological polar surface area (TPSA) is 140 Å². The number of hydrogen-bond acceptors (Lipinski definition) is 4. The summed E-state index contributed by atoms with van der Waals surface area (Å²) in [5.41, 5.74) is -3.25. The molecule has 1 aromatic carbocycles. The molecule has 0 aliphatic carbocycles. The van der Waals surface area contributed by atoms with E-state index in [0.717, 1.165) is 18.2 Å². The first kappa shape index (κ1) is 14.4. The summed E-state index contributed by atoms with van der Waals surface area (Å²) in [6.07, 6.45) is 0. The average molecular weight is 318 g/mol. The lowest BCUT2D eigenvalue weighted by Crippen LogP contribution is -2.15. The van der Waals surface area contributed by atoms with Gasteiger partial charge in [0.1, 0.15) is 17.2 Å². The van der Waals surface area contributed by atoms with Crippen LogP contribution in [0, 0.1) is 5.82 Å². The van der Waals surface area contributed by atoms with E-state index >= 15 is 0 Å². The molecule has 0 atom stereocenters. The molecule has 4 N–H and O–H groups in total. The summed E-state index contributed by atoms with van der Waals surface area (Å²) in [6.45, 7) is 0. The van der Waals surface area contributed by atoms with Gasteiger partial charge in [0.15, 0.2) is 10.9 Å². The molecule has 3 rings (SSSR count). The first-order chi connectivity index (χ1) is 10.8. The Bertz CT molecular complexity index is 1130. The fraction of sp³-hybridized carbons (Fsp3) is 0. The van der Waals surface area contributed by atoms with Crippen LogP contribution in [0.3, 0.4) is 0 Å². The number of halogens is 1. The predicted octanol–water partition coefficient (Wildman–Crippen LogP) is 0.905. The van der Waals surface area contributed by atoms with Crippen molar-refractivity contribution < 1.29 is 24.2 Å². The number of carboxylic acids is 2. The minimum atomic E-state index is -1.46. The van der Waals surface area contributed by atoms with Gasteiger partial charge in [0.2, 0.25) is 0 Å². The summed E-state index contributed by atoms with van der Waals surface area (Å²) in [5, 5.41) is 17.3. The van der Waals surface area contributed by atoms with Crippen molar-refractivity contribution in [1.29, 1.82) is 0 Å². The summed E-state index contributed by atoms with van der Waals surface area (Å²) in [7, 11) is 0. The normalized spacial score (nSPS) is 11.0. The maximum absolute atomic E-state index is 14.1. The molecular weight excluding hydrogens is 311 g/mol. The van der Waals surface area contributed by atoms with Crippen LogP contribution >= 0.6 is 0 Å². The zero-order valence-corrected chi connectivity index (χ0v) is 11.1. The Hall–Kier alpha value is -3.49. The molecule has 9 heteroatoms. The number of H-pyrrole nitrogens is 2. The van der Waals surface area contributed by atoms with Crippen LogP contribution in [0.1, 0.15) is 21.0 Å². The molecule has 0 aliphatic heterocycles. The molecule has 2 heterocycles. The minimum absolute atomic E-state index is 0.176. The molecule has 3 aromatic rings.